The lowest BCUT2D eigenvalue weighted by molar-refractivity contribution is -0.122. The van der Waals surface area contributed by atoms with Crippen LogP contribution in [0.3, 0.4) is 0 Å². The fraction of sp³-hybridized carbons (Fsp3) is 0.944. The van der Waals surface area contributed by atoms with Crippen molar-refractivity contribution in [1.82, 2.24) is 20.9 Å². The van der Waals surface area contributed by atoms with Gasteiger partial charge in [-0.25, -0.2) is 4.79 Å². The lowest BCUT2D eigenvalue weighted by Crippen LogP contribution is -2.53. The standard InChI is InChI=1S/C54H107IN4O7/c1-6-8-10-12-14-16-18-20-22-24-26-28-30-32-34-36-42-59(43-37-35-33-31-29-27-25-23-21-19-17-15-13-11-9-7-2)52(62)49(58-53(63)66-54(3,4)5)38-39-50(60)56-40-44-64-46-47-65-45-41-57-51(61)48-55/h49,52,62H,6-48H2,1-5H3,(H,56,60)(H,57,61)(H,58,63)/t49?,52-/m1/s1. The van der Waals surface area contributed by atoms with E-state index in [0.29, 0.717) is 43.9 Å². The van der Waals surface area contributed by atoms with Gasteiger partial charge in [0.05, 0.1) is 36.9 Å². The smallest absolute Gasteiger partial charge is 0.408 e. The summed E-state index contributed by atoms with van der Waals surface area (Å²) < 4.78 is 17.1. The Hall–Kier alpha value is -1.22. The summed E-state index contributed by atoms with van der Waals surface area (Å²) in [6, 6.07) is -0.664. The van der Waals surface area contributed by atoms with Gasteiger partial charge in [0.25, 0.3) is 0 Å². The topological polar surface area (TPSA) is 138 Å². The molecule has 0 radical (unpaired) electrons. The fourth-order valence-electron chi connectivity index (χ4n) is 8.38. The van der Waals surface area contributed by atoms with Gasteiger partial charge in [-0.1, -0.05) is 229 Å². The number of amides is 3. The number of hydrogen-bond acceptors (Lipinski definition) is 8. The first-order chi connectivity index (χ1) is 32.0. The molecule has 0 aromatic rings. The summed E-state index contributed by atoms with van der Waals surface area (Å²) in [6.07, 6.45) is 41.0. The molecule has 0 rings (SSSR count). The predicted octanol–water partition coefficient (Wildman–Crippen LogP) is 13.5. The van der Waals surface area contributed by atoms with Crippen LogP contribution in [0.1, 0.15) is 253 Å². The number of unbranched alkanes of at least 4 members (excludes halogenated alkanes) is 30. The predicted molar refractivity (Wildman–Crippen MR) is 286 cm³/mol. The number of nitrogens with one attached hydrogen (secondary N) is 3. The van der Waals surface area contributed by atoms with Crippen molar-refractivity contribution in [3.63, 3.8) is 0 Å². The first kappa shape index (κ1) is 64.8. The zero-order chi connectivity index (χ0) is 48.6. The molecule has 11 nitrogen and oxygen atoms in total. The molecular formula is C54H107IN4O7. The average molecular weight is 1050 g/mol. The minimum absolute atomic E-state index is 0.0128. The number of nitrogens with zero attached hydrogens (tertiary/aromatic N) is 1. The molecule has 0 saturated heterocycles. The van der Waals surface area contributed by atoms with E-state index in [0.717, 1.165) is 38.8 Å². The Balaban J connectivity index is 4.98. The zero-order valence-corrected chi connectivity index (χ0v) is 45.9. The summed E-state index contributed by atoms with van der Waals surface area (Å²) in [5.74, 6) is -0.174. The summed E-state index contributed by atoms with van der Waals surface area (Å²) in [5.41, 5.74) is -0.687. The quantitative estimate of drug-likeness (QED) is 0.0205. The lowest BCUT2D eigenvalue weighted by atomic mass is 10.0. The molecule has 0 bridgehead atoms. The number of alkyl carbamates (subject to hydrolysis) is 1. The summed E-state index contributed by atoms with van der Waals surface area (Å²) in [5, 5.41) is 20.5. The molecule has 392 valence electrons. The Bertz CT molecular complexity index is 1050. The van der Waals surface area contributed by atoms with Crippen molar-refractivity contribution in [2.24, 2.45) is 0 Å². The van der Waals surface area contributed by atoms with E-state index in [1.165, 1.54) is 180 Å². The van der Waals surface area contributed by atoms with E-state index >= 15 is 0 Å². The maximum atomic E-state index is 13.1. The third kappa shape index (κ3) is 46.5. The van der Waals surface area contributed by atoms with Crippen LogP contribution < -0.4 is 16.0 Å². The number of ether oxygens (including phenoxy) is 3. The maximum Gasteiger partial charge on any atom is 0.408 e. The summed E-state index contributed by atoms with van der Waals surface area (Å²) >= 11 is 2.02. The van der Waals surface area contributed by atoms with E-state index in [1.807, 2.05) is 43.4 Å². The van der Waals surface area contributed by atoms with Gasteiger partial charge in [0.2, 0.25) is 11.8 Å². The van der Waals surface area contributed by atoms with Crippen LogP contribution in [0.4, 0.5) is 4.79 Å². The summed E-state index contributed by atoms with van der Waals surface area (Å²) in [4.78, 5) is 39.5. The Morgan fingerprint density at radius 2 is 0.848 bits per heavy atom. The van der Waals surface area contributed by atoms with Gasteiger partial charge in [-0.05, 0) is 40.0 Å². The molecule has 0 fully saturated rings. The van der Waals surface area contributed by atoms with E-state index < -0.39 is 24.0 Å². The molecule has 0 saturated carbocycles. The van der Waals surface area contributed by atoms with Crippen LogP contribution in [-0.4, -0.2) is 103 Å². The monoisotopic (exact) mass is 1050 g/mol. The van der Waals surface area contributed by atoms with Crippen LogP contribution in [0.15, 0.2) is 0 Å². The fourth-order valence-corrected chi connectivity index (χ4v) is 8.65. The first-order valence-corrected chi connectivity index (χ1v) is 29.2. The molecule has 12 heteroatoms. The number of halogens is 1. The molecule has 66 heavy (non-hydrogen) atoms. The minimum atomic E-state index is -0.934. The zero-order valence-electron chi connectivity index (χ0n) is 43.8. The van der Waals surface area contributed by atoms with E-state index in [9.17, 15) is 19.5 Å². The molecule has 0 aromatic carbocycles. The van der Waals surface area contributed by atoms with Crippen molar-refractivity contribution >= 4 is 40.5 Å². The second kappa shape index (κ2) is 48.8. The van der Waals surface area contributed by atoms with Crippen LogP contribution in [-0.2, 0) is 23.8 Å². The van der Waals surface area contributed by atoms with Gasteiger partial charge in [-0.2, -0.15) is 0 Å². The average Bonchev–Trinajstić information content (AvgIpc) is 3.28. The third-order valence-electron chi connectivity index (χ3n) is 12.3. The molecule has 0 aliphatic carbocycles. The number of aliphatic hydroxyl groups excluding tert-OH is 1. The van der Waals surface area contributed by atoms with Gasteiger partial charge >= 0.3 is 6.09 Å². The number of aliphatic hydroxyl groups is 1. The highest BCUT2D eigenvalue weighted by Crippen LogP contribution is 2.18. The van der Waals surface area contributed by atoms with Gasteiger partial charge in [0, 0.05) is 32.6 Å². The van der Waals surface area contributed by atoms with Gasteiger partial charge < -0.3 is 35.3 Å². The van der Waals surface area contributed by atoms with Crippen molar-refractivity contribution in [3.05, 3.63) is 0 Å². The molecule has 0 spiro atoms. The van der Waals surface area contributed by atoms with Crippen LogP contribution in [0.25, 0.3) is 0 Å². The lowest BCUT2D eigenvalue weighted by Gasteiger charge is -2.34. The van der Waals surface area contributed by atoms with E-state index in [2.05, 4.69) is 34.7 Å². The molecule has 0 aliphatic heterocycles. The highest BCUT2D eigenvalue weighted by Gasteiger charge is 2.29. The van der Waals surface area contributed by atoms with Gasteiger partial charge in [0.1, 0.15) is 11.8 Å². The number of alkyl halides is 1. The molecule has 1 unspecified atom stereocenters. The normalized spacial score (nSPS) is 12.7. The number of carbonyl (C=O) groups is 3. The molecule has 3 amide bonds. The van der Waals surface area contributed by atoms with E-state index in [-0.39, 0.29) is 24.7 Å². The van der Waals surface area contributed by atoms with E-state index in [1.54, 1.807) is 0 Å². The first-order valence-electron chi connectivity index (χ1n) is 27.7. The second-order valence-corrected chi connectivity index (χ2v) is 20.7. The molecule has 0 aromatic heterocycles. The van der Waals surface area contributed by atoms with Gasteiger partial charge in [-0.3, -0.25) is 14.5 Å². The van der Waals surface area contributed by atoms with Crippen molar-refractivity contribution in [1.29, 1.82) is 0 Å². The van der Waals surface area contributed by atoms with Crippen LogP contribution in [0, 0.1) is 0 Å². The number of carbonyl (C=O) groups excluding carboxylic acids is 3. The third-order valence-corrected chi connectivity index (χ3v) is 13.0. The van der Waals surface area contributed by atoms with Crippen molar-refractivity contribution in [2.75, 3.05) is 57.0 Å². The van der Waals surface area contributed by atoms with Crippen LogP contribution in [0.2, 0.25) is 0 Å². The number of hydrogen-bond donors (Lipinski definition) is 4. The Kier molecular flexibility index (Phi) is 47.9. The highest BCUT2D eigenvalue weighted by atomic mass is 127. The molecule has 2 atom stereocenters. The summed E-state index contributed by atoms with van der Waals surface area (Å²) in [6.45, 7) is 13.9. The van der Waals surface area contributed by atoms with Crippen molar-refractivity contribution in [3.8, 4) is 0 Å². The largest absolute Gasteiger partial charge is 0.444 e. The second-order valence-electron chi connectivity index (χ2n) is 19.9. The van der Waals surface area contributed by atoms with Crippen molar-refractivity contribution < 1.29 is 33.7 Å². The Labute approximate surface area is 420 Å². The SMILES string of the molecule is CCCCCCCCCCCCCCCCCCN(CCCCCCCCCCCCCCCCCC)[C@H](O)C(CCC(=O)NCCOCCOCCNC(=O)CI)NC(=O)OC(C)(C)C. The Morgan fingerprint density at radius 3 is 1.18 bits per heavy atom. The van der Waals surface area contributed by atoms with Crippen LogP contribution >= 0.6 is 22.6 Å². The molecule has 0 aliphatic rings. The van der Waals surface area contributed by atoms with Gasteiger partial charge in [-0.15, -0.1) is 0 Å². The molecule has 4 N–H and O–H groups in total. The summed E-state index contributed by atoms with van der Waals surface area (Å²) in [7, 11) is 0. The maximum absolute atomic E-state index is 13.1. The van der Waals surface area contributed by atoms with Crippen molar-refractivity contribution in [2.45, 2.75) is 271 Å². The van der Waals surface area contributed by atoms with Gasteiger partial charge in [0.15, 0.2) is 0 Å². The Morgan fingerprint density at radius 1 is 0.515 bits per heavy atom. The molecule has 0 heterocycles. The minimum Gasteiger partial charge on any atom is -0.444 e. The van der Waals surface area contributed by atoms with E-state index in [4.69, 9.17) is 14.2 Å². The van der Waals surface area contributed by atoms with Crippen LogP contribution in [0.5, 0.6) is 0 Å². The molecular weight excluding hydrogens is 944 g/mol. The number of rotatable bonds is 50. The highest BCUT2D eigenvalue weighted by molar-refractivity contribution is 14.1.